The van der Waals surface area contributed by atoms with E-state index in [-0.39, 0.29) is 26.9 Å². The van der Waals surface area contributed by atoms with E-state index in [4.69, 9.17) is 21.1 Å². The molecule has 2 aromatic rings. The minimum atomic E-state index is -3.70. The van der Waals surface area contributed by atoms with Gasteiger partial charge in [0.2, 0.25) is 10.0 Å². The van der Waals surface area contributed by atoms with Gasteiger partial charge in [0.05, 0.1) is 28.8 Å². The van der Waals surface area contributed by atoms with E-state index >= 15 is 0 Å². The maximum Gasteiger partial charge on any atom is 0.255 e. The summed E-state index contributed by atoms with van der Waals surface area (Å²) in [6.07, 6.45) is 2.39. The van der Waals surface area contributed by atoms with Gasteiger partial charge in [0.15, 0.2) is 11.5 Å². The first-order chi connectivity index (χ1) is 15.3. The lowest BCUT2D eigenvalue weighted by molar-refractivity contribution is 0.102. The molecule has 0 atom stereocenters. The summed E-state index contributed by atoms with van der Waals surface area (Å²) in [6, 6.07) is 6.76. The van der Waals surface area contributed by atoms with Gasteiger partial charge in [-0.2, -0.15) is 4.31 Å². The lowest BCUT2D eigenvalue weighted by Crippen LogP contribution is -2.28. The Kier molecular flexibility index (Phi) is 7.86. The number of hydrogen-bond acceptors (Lipinski definition) is 6. The van der Waals surface area contributed by atoms with Crippen molar-refractivity contribution in [2.24, 2.45) is 0 Å². The van der Waals surface area contributed by atoms with Crippen LogP contribution in [0, 0.1) is 0 Å². The normalized spacial score (nSPS) is 14.3. The molecule has 174 valence electrons. The molecule has 1 aliphatic heterocycles. The molecule has 1 fully saturated rings. The summed E-state index contributed by atoms with van der Waals surface area (Å²) in [6.45, 7) is 5.46. The largest absolute Gasteiger partial charge is 0.506 e. The van der Waals surface area contributed by atoms with E-state index in [1.807, 2.05) is 6.92 Å². The van der Waals surface area contributed by atoms with Crippen molar-refractivity contribution in [3.63, 3.8) is 0 Å². The molecule has 2 aromatic carbocycles. The average molecular weight is 483 g/mol. The van der Waals surface area contributed by atoms with Gasteiger partial charge in [0.1, 0.15) is 5.75 Å². The fourth-order valence-corrected chi connectivity index (χ4v) is 5.16. The minimum absolute atomic E-state index is 0.00357. The van der Waals surface area contributed by atoms with Crippen molar-refractivity contribution in [2.45, 2.75) is 38.0 Å². The number of ether oxygens (including phenoxy) is 2. The van der Waals surface area contributed by atoms with Gasteiger partial charge >= 0.3 is 0 Å². The Bertz CT molecular complexity index is 1080. The molecular weight excluding hydrogens is 456 g/mol. The summed E-state index contributed by atoms with van der Waals surface area (Å²) in [5.74, 6) is -0.152. The average Bonchev–Trinajstić information content (AvgIpc) is 3.30. The molecule has 0 radical (unpaired) electrons. The number of anilines is 1. The first kappa shape index (κ1) is 24.2. The highest BCUT2D eigenvalue weighted by atomic mass is 35.5. The Balaban J connectivity index is 1.88. The van der Waals surface area contributed by atoms with Crippen LogP contribution in [0.3, 0.4) is 0 Å². The first-order valence-corrected chi connectivity index (χ1v) is 12.3. The third kappa shape index (κ3) is 5.28. The molecule has 3 rings (SSSR count). The van der Waals surface area contributed by atoms with Gasteiger partial charge in [-0.1, -0.05) is 18.5 Å². The summed E-state index contributed by atoms with van der Waals surface area (Å²) in [4.78, 5) is 12.9. The molecule has 0 bridgehead atoms. The van der Waals surface area contributed by atoms with Gasteiger partial charge in [-0.3, -0.25) is 4.79 Å². The zero-order chi connectivity index (χ0) is 23.3. The van der Waals surface area contributed by atoms with Gasteiger partial charge in [-0.15, -0.1) is 0 Å². The third-order valence-corrected chi connectivity index (χ3v) is 7.12. The maximum atomic E-state index is 12.9. The predicted molar refractivity (Wildman–Crippen MR) is 122 cm³/mol. The van der Waals surface area contributed by atoms with Crippen molar-refractivity contribution < 1.29 is 27.8 Å². The topological polar surface area (TPSA) is 105 Å². The van der Waals surface area contributed by atoms with Crippen molar-refractivity contribution in [1.29, 1.82) is 0 Å². The van der Waals surface area contributed by atoms with Crippen LogP contribution in [-0.4, -0.2) is 50.0 Å². The van der Waals surface area contributed by atoms with Gasteiger partial charge in [-0.25, -0.2) is 8.42 Å². The molecule has 1 heterocycles. The fraction of sp³-hybridized carbons (Fsp3) is 0.409. The number of halogens is 1. The Morgan fingerprint density at radius 1 is 1.16 bits per heavy atom. The second-order valence-corrected chi connectivity index (χ2v) is 9.66. The van der Waals surface area contributed by atoms with E-state index < -0.39 is 15.9 Å². The van der Waals surface area contributed by atoms with Gasteiger partial charge in [0.25, 0.3) is 5.91 Å². The van der Waals surface area contributed by atoms with E-state index in [9.17, 15) is 18.3 Å². The number of phenolic OH excluding ortho intramolecular Hbond substituents is 1. The Hall–Kier alpha value is -2.49. The SMILES string of the molecule is CCCOc1c(Cl)cc(C(=O)Nc2cc(S(=O)(=O)N3CCCC3)ccc2O)cc1OCC. The Morgan fingerprint density at radius 3 is 2.53 bits per heavy atom. The summed E-state index contributed by atoms with van der Waals surface area (Å²) in [5, 5.41) is 13.0. The van der Waals surface area contributed by atoms with Crippen LogP contribution in [0.4, 0.5) is 5.69 Å². The van der Waals surface area contributed by atoms with Crippen LogP contribution >= 0.6 is 11.6 Å². The number of nitrogens with one attached hydrogen (secondary N) is 1. The summed E-state index contributed by atoms with van der Waals surface area (Å²) >= 11 is 6.32. The van der Waals surface area contributed by atoms with E-state index in [0.717, 1.165) is 19.3 Å². The van der Waals surface area contributed by atoms with Gasteiger partial charge in [-0.05, 0) is 56.5 Å². The molecule has 1 saturated heterocycles. The summed E-state index contributed by atoms with van der Waals surface area (Å²) in [7, 11) is -3.70. The number of nitrogens with zero attached hydrogens (tertiary/aromatic N) is 1. The van der Waals surface area contributed by atoms with Gasteiger partial charge in [0, 0.05) is 18.7 Å². The molecule has 10 heteroatoms. The molecule has 32 heavy (non-hydrogen) atoms. The maximum absolute atomic E-state index is 12.9. The van der Waals surface area contributed by atoms with Crippen molar-refractivity contribution in [2.75, 3.05) is 31.6 Å². The highest BCUT2D eigenvalue weighted by Crippen LogP contribution is 2.37. The molecule has 2 N–H and O–H groups in total. The van der Waals surface area contributed by atoms with Crippen molar-refractivity contribution >= 4 is 33.2 Å². The standard InChI is InChI=1S/C22H27ClN2O6S/c1-3-11-31-21-17(23)12-15(13-20(21)30-4-2)22(27)24-18-14-16(7-8-19(18)26)32(28,29)25-9-5-6-10-25/h7-8,12-14,26H,3-6,9-11H2,1-2H3,(H,24,27). The number of phenols is 1. The van der Waals surface area contributed by atoms with Crippen molar-refractivity contribution in [3.8, 4) is 17.2 Å². The zero-order valence-corrected chi connectivity index (χ0v) is 19.6. The molecular formula is C22H27ClN2O6S. The molecule has 0 spiro atoms. The molecule has 0 aromatic heterocycles. The summed E-state index contributed by atoms with van der Waals surface area (Å²) < 4.78 is 38.3. The van der Waals surface area contributed by atoms with E-state index in [1.54, 1.807) is 6.92 Å². The Labute approximate surface area is 193 Å². The molecule has 1 amide bonds. The predicted octanol–water partition coefficient (Wildman–Crippen LogP) is 4.27. The molecule has 0 unspecified atom stereocenters. The lowest BCUT2D eigenvalue weighted by Gasteiger charge is -2.17. The number of sulfonamides is 1. The Morgan fingerprint density at radius 2 is 1.88 bits per heavy atom. The monoisotopic (exact) mass is 482 g/mol. The minimum Gasteiger partial charge on any atom is -0.506 e. The third-order valence-electron chi connectivity index (χ3n) is 4.94. The zero-order valence-electron chi connectivity index (χ0n) is 18.1. The molecule has 0 saturated carbocycles. The van der Waals surface area contributed by atoms with Crippen molar-refractivity contribution in [1.82, 2.24) is 4.31 Å². The van der Waals surface area contributed by atoms with Crippen LogP contribution < -0.4 is 14.8 Å². The van der Waals surface area contributed by atoms with Crippen LogP contribution in [0.2, 0.25) is 5.02 Å². The second-order valence-electron chi connectivity index (χ2n) is 7.31. The van der Waals surface area contributed by atoms with Crippen LogP contribution in [-0.2, 0) is 10.0 Å². The molecule has 0 aliphatic carbocycles. The molecule has 8 nitrogen and oxygen atoms in total. The number of carbonyl (C=O) groups excluding carboxylic acids is 1. The number of rotatable bonds is 9. The number of amides is 1. The second kappa shape index (κ2) is 10.4. The fourth-order valence-electron chi connectivity index (χ4n) is 3.35. The highest BCUT2D eigenvalue weighted by Gasteiger charge is 2.28. The number of carbonyl (C=O) groups is 1. The van der Waals surface area contributed by atoms with Gasteiger partial charge < -0.3 is 19.9 Å². The van der Waals surface area contributed by atoms with Crippen LogP contribution in [0.25, 0.3) is 0 Å². The van der Waals surface area contributed by atoms with E-state index in [0.29, 0.717) is 37.8 Å². The highest BCUT2D eigenvalue weighted by molar-refractivity contribution is 7.89. The summed E-state index contributed by atoms with van der Waals surface area (Å²) in [5.41, 5.74) is 0.158. The molecule has 1 aliphatic rings. The number of benzene rings is 2. The van der Waals surface area contributed by atoms with E-state index in [1.165, 1.54) is 34.6 Å². The van der Waals surface area contributed by atoms with Crippen LogP contribution in [0.15, 0.2) is 35.2 Å². The van der Waals surface area contributed by atoms with Crippen molar-refractivity contribution in [3.05, 3.63) is 40.9 Å². The quantitative estimate of drug-likeness (QED) is 0.517. The number of hydrogen-bond donors (Lipinski definition) is 2. The van der Waals surface area contributed by atoms with Crippen LogP contribution in [0.1, 0.15) is 43.5 Å². The smallest absolute Gasteiger partial charge is 0.255 e. The first-order valence-electron chi connectivity index (χ1n) is 10.5. The van der Waals surface area contributed by atoms with Crippen LogP contribution in [0.5, 0.6) is 17.2 Å². The number of aromatic hydroxyl groups is 1. The van der Waals surface area contributed by atoms with E-state index in [2.05, 4.69) is 5.32 Å². The lowest BCUT2D eigenvalue weighted by atomic mass is 10.1.